The molecule has 0 amide bonds. The number of nitrogens with zero attached hydrogens (tertiary/aromatic N) is 1. The number of phenolic OH excluding ortho intramolecular Hbond substituents is 1. The summed E-state index contributed by atoms with van der Waals surface area (Å²) in [6, 6.07) is 9.68. The van der Waals surface area contributed by atoms with E-state index in [9.17, 15) is 5.11 Å². The smallest absolute Gasteiger partial charge is 0.191 e. The fourth-order valence-electron chi connectivity index (χ4n) is 2.30. The highest BCUT2D eigenvalue weighted by Gasteiger charge is 2.05. The van der Waals surface area contributed by atoms with Crippen LogP contribution < -0.4 is 15.4 Å². The number of hydrogen-bond acceptors (Lipinski definition) is 4. The second-order valence-corrected chi connectivity index (χ2v) is 6.57. The van der Waals surface area contributed by atoms with Crippen molar-refractivity contribution in [3.8, 4) is 11.5 Å². The lowest BCUT2D eigenvalue weighted by atomic mass is 10.1. The van der Waals surface area contributed by atoms with E-state index in [2.05, 4.69) is 34.7 Å². The molecule has 0 unspecified atom stereocenters. The van der Waals surface area contributed by atoms with Gasteiger partial charge in [0, 0.05) is 29.4 Å². The number of aryl methyl sites for hydroxylation is 1. The highest BCUT2D eigenvalue weighted by Crippen LogP contribution is 2.23. The summed E-state index contributed by atoms with van der Waals surface area (Å²) in [4.78, 5) is 6.91. The van der Waals surface area contributed by atoms with Gasteiger partial charge >= 0.3 is 0 Å². The maximum Gasteiger partial charge on any atom is 0.191 e. The normalized spacial score (nSPS) is 11.4. The van der Waals surface area contributed by atoms with Crippen molar-refractivity contribution in [2.45, 2.75) is 26.3 Å². The molecule has 6 heteroatoms. The Morgan fingerprint density at radius 1 is 1.21 bits per heavy atom. The standard InChI is InChI=1S/C18H25N3O2S/c1-4-15-7-8-16(24-15)12-21-18(19-2)20-10-9-13-5-6-14(23-3)11-17(13)22/h5-8,11,22H,4,9-10,12H2,1-3H3,(H2,19,20,21). The molecule has 130 valence electrons. The molecule has 0 aliphatic carbocycles. The van der Waals surface area contributed by atoms with Crippen LogP contribution in [0.15, 0.2) is 35.3 Å². The summed E-state index contributed by atoms with van der Waals surface area (Å²) >= 11 is 1.82. The first kappa shape index (κ1) is 18.1. The second-order valence-electron chi connectivity index (χ2n) is 5.32. The first-order valence-corrected chi connectivity index (χ1v) is 8.86. The minimum atomic E-state index is 0.254. The van der Waals surface area contributed by atoms with Gasteiger partial charge in [-0.2, -0.15) is 0 Å². The Kier molecular flexibility index (Phi) is 6.93. The fourth-order valence-corrected chi connectivity index (χ4v) is 3.19. The Balaban J connectivity index is 1.79. The van der Waals surface area contributed by atoms with Gasteiger partial charge in [-0.05, 0) is 36.6 Å². The third-order valence-corrected chi connectivity index (χ3v) is 4.93. The molecule has 3 N–H and O–H groups in total. The van der Waals surface area contributed by atoms with E-state index >= 15 is 0 Å². The number of nitrogens with one attached hydrogen (secondary N) is 2. The summed E-state index contributed by atoms with van der Waals surface area (Å²) < 4.78 is 5.09. The number of benzene rings is 1. The van der Waals surface area contributed by atoms with E-state index in [1.807, 2.05) is 23.5 Å². The number of aromatic hydroxyl groups is 1. The van der Waals surface area contributed by atoms with E-state index in [0.29, 0.717) is 18.7 Å². The molecular formula is C18H25N3O2S. The van der Waals surface area contributed by atoms with E-state index in [-0.39, 0.29) is 5.75 Å². The minimum absolute atomic E-state index is 0.254. The first-order valence-electron chi connectivity index (χ1n) is 8.04. The van der Waals surface area contributed by atoms with Crippen LogP contribution in [0.4, 0.5) is 0 Å². The highest BCUT2D eigenvalue weighted by atomic mass is 32.1. The molecule has 0 saturated heterocycles. The largest absolute Gasteiger partial charge is 0.508 e. The third kappa shape index (κ3) is 5.16. The van der Waals surface area contributed by atoms with Gasteiger partial charge in [-0.15, -0.1) is 11.3 Å². The Hall–Kier alpha value is -2.21. The second kappa shape index (κ2) is 9.17. The van der Waals surface area contributed by atoms with Crippen molar-refractivity contribution >= 4 is 17.3 Å². The quantitative estimate of drug-likeness (QED) is 0.532. The monoisotopic (exact) mass is 347 g/mol. The van der Waals surface area contributed by atoms with Gasteiger partial charge in [-0.3, -0.25) is 4.99 Å². The molecule has 0 radical (unpaired) electrons. The summed E-state index contributed by atoms with van der Waals surface area (Å²) in [7, 11) is 3.34. The van der Waals surface area contributed by atoms with Gasteiger partial charge in [0.2, 0.25) is 0 Å². The summed E-state index contributed by atoms with van der Waals surface area (Å²) in [5, 5.41) is 16.5. The van der Waals surface area contributed by atoms with Crippen molar-refractivity contribution in [2.75, 3.05) is 20.7 Å². The zero-order valence-electron chi connectivity index (χ0n) is 14.4. The number of aliphatic imine (C=N–C) groups is 1. The molecular weight excluding hydrogens is 322 g/mol. The average Bonchev–Trinajstić information content (AvgIpc) is 3.07. The molecule has 0 bridgehead atoms. The zero-order valence-corrected chi connectivity index (χ0v) is 15.2. The molecule has 1 heterocycles. The lowest BCUT2D eigenvalue weighted by molar-refractivity contribution is 0.406. The Morgan fingerprint density at radius 2 is 2.00 bits per heavy atom. The summed E-state index contributed by atoms with van der Waals surface area (Å²) in [6.45, 7) is 3.61. The molecule has 0 spiro atoms. The maximum absolute atomic E-state index is 9.97. The molecule has 0 fully saturated rings. The Bertz CT molecular complexity index is 683. The molecule has 5 nitrogen and oxygen atoms in total. The van der Waals surface area contributed by atoms with Gasteiger partial charge in [0.1, 0.15) is 11.5 Å². The van der Waals surface area contributed by atoms with Gasteiger partial charge in [0.25, 0.3) is 0 Å². The molecule has 0 aliphatic rings. The molecule has 2 aromatic rings. The number of ether oxygens (including phenoxy) is 1. The topological polar surface area (TPSA) is 65.9 Å². The van der Waals surface area contributed by atoms with Gasteiger partial charge in [0.05, 0.1) is 13.7 Å². The lowest BCUT2D eigenvalue weighted by Crippen LogP contribution is -2.37. The number of hydrogen-bond donors (Lipinski definition) is 3. The fraction of sp³-hybridized carbons (Fsp3) is 0.389. The van der Waals surface area contributed by atoms with Crippen LogP contribution in [0.5, 0.6) is 11.5 Å². The molecule has 0 atom stereocenters. The number of guanidine groups is 1. The lowest BCUT2D eigenvalue weighted by Gasteiger charge is -2.12. The highest BCUT2D eigenvalue weighted by molar-refractivity contribution is 7.11. The maximum atomic E-state index is 9.97. The van der Waals surface area contributed by atoms with Gasteiger partial charge in [0.15, 0.2) is 5.96 Å². The van der Waals surface area contributed by atoms with Gasteiger partial charge < -0.3 is 20.5 Å². The van der Waals surface area contributed by atoms with E-state index in [4.69, 9.17) is 4.74 Å². The van der Waals surface area contributed by atoms with Crippen LogP contribution in [0.1, 0.15) is 22.2 Å². The predicted octanol–water partition coefficient (Wildman–Crippen LogP) is 2.93. The Morgan fingerprint density at radius 3 is 2.62 bits per heavy atom. The van der Waals surface area contributed by atoms with Crippen molar-refractivity contribution < 1.29 is 9.84 Å². The van der Waals surface area contributed by atoms with Crippen molar-refractivity contribution in [1.29, 1.82) is 0 Å². The van der Waals surface area contributed by atoms with Crippen molar-refractivity contribution in [2.24, 2.45) is 4.99 Å². The van der Waals surface area contributed by atoms with Crippen LogP contribution in [-0.4, -0.2) is 31.8 Å². The Labute approximate surface area is 147 Å². The SMILES string of the molecule is CCc1ccc(CNC(=NC)NCCc2ccc(OC)cc2O)s1. The summed E-state index contributed by atoms with van der Waals surface area (Å²) in [6.07, 6.45) is 1.78. The number of methoxy groups -OCH3 is 1. The van der Waals surface area contributed by atoms with Crippen LogP contribution in [0.2, 0.25) is 0 Å². The van der Waals surface area contributed by atoms with E-state index < -0.39 is 0 Å². The van der Waals surface area contributed by atoms with E-state index in [1.165, 1.54) is 9.75 Å². The molecule has 0 saturated carbocycles. The third-order valence-electron chi connectivity index (χ3n) is 3.70. The average molecular weight is 347 g/mol. The summed E-state index contributed by atoms with van der Waals surface area (Å²) in [5.74, 6) is 1.67. The molecule has 1 aromatic carbocycles. The van der Waals surface area contributed by atoms with Crippen molar-refractivity contribution in [3.63, 3.8) is 0 Å². The zero-order chi connectivity index (χ0) is 17.4. The number of thiophene rings is 1. The molecule has 24 heavy (non-hydrogen) atoms. The van der Waals surface area contributed by atoms with Crippen LogP contribution in [0, 0.1) is 0 Å². The molecule has 1 aromatic heterocycles. The van der Waals surface area contributed by atoms with Crippen molar-refractivity contribution in [1.82, 2.24) is 10.6 Å². The predicted molar refractivity (Wildman–Crippen MR) is 100 cm³/mol. The van der Waals surface area contributed by atoms with Crippen LogP contribution in [0.3, 0.4) is 0 Å². The summed E-state index contributed by atoms with van der Waals surface area (Å²) in [5.41, 5.74) is 0.879. The van der Waals surface area contributed by atoms with Crippen LogP contribution in [-0.2, 0) is 19.4 Å². The molecule has 0 aliphatic heterocycles. The van der Waals surface area contributed by atoms with Crippen LogP contribution >= 0.6 is 11.3 Å². The number of phenols is 1. The van der Waals surface area contributed by atoms with Crippen molar-refractivity contribution in [3.05, 3.63) is 45.6 Å². The van der Waals surface area contributed by atoms with E-state index in [0.717, 1.165) is 24.5 Å². The van der Waals surface area contributed by atoms with E-state index in [1.54, 1.807) is 20.2 Å². The first-order chi connectivity index (χ1) is 11.7. The van der Waals surface area contributed by atoms with Gasteiger partial charge in [-0.25, -0.2) is 0 Å². The number of rotatable bonds is 7. The molecule has 2 rings (SSSR count). The van der Waals surface area contributed by atoms with Gasteiger partial charge in [-0.1, -0.05) is 13.0 Å². The minimum Gasteiger partial charge on any atom is -0.508 e. The van der Waals surface area contributed by atoms with Crippen LogP contribution in [0.25, 0.3) is 0 Å².